The molecule has 0 spiro atoms. The number of methoxy groups -OCH3 is 1. The lowest BCUT2D eigenvalue weighted by Gasteiger charge is -1.99. The highest BCUT2D eigenvalue weighted by Gasteiger charge is 2.06. The lowest BCUT2D eigenvalue weighted by atomic mass is 10.1. The summed E-state index contributed by atoms with van der Waals surface area (Å²) in [6, 6.07) is 3.19. The van der Waals surface area contributed by atoms with E-state index in [2.05, 4.69) is 10.1 Å². The molecule has 2 rings (SSSR count). The molecule has 0 radical (unpaired) electrons. The molecule has 0 aromatic carbocycles. The molecule has 2 aromatic rings. The number of aromatic carboxylic acids is 1. The fourth-order valence-electron chi connectivity index (χ4n) is 1.51. The number of ether oxygens (including phenoxy) is 1. The van der Waals surface area contributed by atoms with Gasteiger partial charge in [0.05, 0.1) is 19.3 Å². The first kappa shape index (κ1) is 12.3. The minimum Gasteiger partial charge on any atom is -0.477 e. The molecule has 0 aliphatic carbocycles. The number of rotatable bonds is 5. The third-order valence-corrected chi connectivity index (χ3v) is 2.47. The van der Waals surface area contributed by atoms with E-state index in [1.165, 1.54) is 12.3 Å². The third-order valence-electron chi connectivity index (χ3n) is 2.47. The van der Waals surface area contributed by atoms with E-state index in [0.717, 1.165) is 11.1 Å². The fraction of sp³-hybridized carbons (Fsp3) is 0.250. The maximum atomic E-state index is 10.7. The van der Waals surface area contributed by atoms with Gasteiger partial charge in [0.2, 0.25) is 0 Å². The summed E-state index contributed by atoms with van der Waals surface area (Å²) in [5.41, 5.74) is 1.77. The normalized spacial score (nSPS) is 10.5. The molecular weight excluding hydrogens is 234 g/mol. The van der Waals surface area contributed by atoms with E-state index >= 15 is 0 Å². The molecule has 0 bridgehead atoms. The van der Waals surface area contributed by atoms with E-state index in [-0.39, 0.29) is 5.69 Å². The molecule has 18 heavy (non-hydrogen) atoms. The van der Waals surface area contributed by atoms with Crippen LogP contribution in [0.3, 0.4) is 0 Å². The smallest absolute Gasteiger partial charge is 0.354 e. The van der Waals surface area contributed by atoms with Crippen LogP contribution in [0.2, 0.25) is 0 Å². The molecule has 0 amide bonds. The van der Waals surface area contributed by atoms with E-state index in [1.54, 1.807) is 24.1 Å². The Morgan fingerprint density at radius 3 is 2.83 bits per heavy atom. The van der Waals surface area contributed by atoms with E-state index in [4.69, 9.17) is 9.84 Å². The Labute approximate surface area is 104 Å². The second-order valence-electron chi connectivity index (χ2n) is 3.72. The number of carboxylic acids is 1. The average molecular weight is 247 g/mol. The van der Waals surface area contributed by atoms with Gasteiger partial charge in [-0.2, -0.15) is 5.10 Å². The summed E-state index contributed by atoms with van der Waals surface area (Å²) >= 11 is 0. The van der Waals surface area contributed by atoms with Crippen LogP contribution in [0.15, 0.2) is 30.7 Å². The van der Waals surface area contributed by atoms with Gasteiger partial charge in [-0.25, -0.2) is 9.78 Å². The fourth-order valence-corrected chi connectivity index (χ4v) is 1.51. The van der Waals surface area contributed by atoms with Crippen molar-refractivity contribution in [3.63, 3.8) is 0 Å². The van der Waals surface area contributed by atoms with Gasteiger partial charge in [-0.3, -0.25) is 4.68 Å². The average Bonchev–Trinajstić information content (AvgIpc) is 2.85. The van der Waals surface area contributed by atoms with E-state index < -0.39 is 5.97 Å². The van der Waals surface area contributed by atoms with Crippen molar-refractivity contribution < 1.29 is 14.6 Å². The van der Waals surface area contributed by atoms with Crippen LogP contribution < -0.4 is 0 Å². The molecule has 0 fully saturated rings. The summed E-state index contributed by atoms with van der Waals surface area (Å²) in [5.74, 6) is -1.03. The molecule has 0 aliphatic rings. The number of hydrogen-bond acceptors (Lipinski definition) is 4. The van der Waals surface area contributed by atoms with Gasteiger partial charge in [0.15, 0.2) is 0 Å². The van der Waals surface area contributed by atoms with Gasteiger partial charge in [-0.15, -0.1) is 0 Å². The zero-order valence-corrected chi connectivity index (χ0v) is 9.91. The standard InChI is InChI=1S/C12H13N3O3/c1-18-5-4-15-8-10(7-14-15)9-2-3-11(12(16)17)13-6-9/h2-3,6-8H,4-5H2,1H3,(H,16,17). The van der Waals surface area contributed by atoms with Crippen molar-refractivity contribution >= 4 is 5.97 Å². The molecule has 2 aromatic heterocycles. The Hall–Kier alpha value is -2.21. The molecule has 0 saturated carbocycles. The van der Waals surface area contributed by atoms with Crippen LogP contribution >= 0.6 is 0 Å². The van der Waals surface area contributed by atoms with Gasteiger partial charge in [0.1, 0.15) is 5.69 Å². The predicted molar refractivity (Wildman–Crippen MR) is 64.3 cm³/mol. The van der Waals surface area contributed by atoms with Gasteiger partial charge >= 0.3 is 5.97 Å². The minimum absolute atomic E-state index is 0.0329. The Kier molecular flexibility index (Phi) is 3.69. The Morgan fingerprint density at radius 2 is 2.22 bits per heavy atom. The molecule has 0 saturated heterocycles. The Balaban J connectivity index is 2.15. The maximum absolute atomic E-state index is 10.7. The van der Waals surface area contributed by atoms with Crippen molar-refractivity contribution in [1.29, 1.82) is 0 Å². The van der Waals surface area contributed by atoms with Crippen molar-refractivity contribution in [1.82, 2.24) is 14.8 Å². The first-order chi connectivity index (χ1) is 8.70. The first-order valence-corrected chi connectivity index (χ1v) is 5.42. The van der Waals surface area contributed by atoms with Gasteiger partial charge < -0.3 is 9.84 Å². The van der Waals surface area contributed by atoms with Gasteiger partial charge in [-0.1, -0.05) is 6.07 Å². The third kappa shape index (κ3) is 2.72. The summed E-state index contributed by atoms with van der Waals surface area (Å²) in [4.78, 5) is 14.5. The summed E-state index contributed by atoms with van der Waals surface area (Å²) in [6.45, 7) is 1.27. The predicted octanol–water partition coefficient (Wildman–Crippen LogP) is 1.29. The second kappa shape index (κ2) is 5.42. The summed E-state index contributed by atoms with van der Waals surface area (Å²) < 4.78 is 6.73. The first-order valence-electron chi connectivity index (χ1n) is 5.42. The Bertz CT molecular complexity index is 534. The zero-order chi connectivity index (χ0) is 13.0. The molecule has 6 heteroatoms. The molecule has 0 atom stereocenters. The number of carbonyl (C=O) groups is 1. The van der Waals surface area contributed by atoms with Crippen molar-refractivity contribution in [2.45, 2.75) is 6.54 Å². The summed E-state index contributed by atoms with van der Waals surface area (Å²) in [5, 5.41) is 12.9. The van der Waals surface area contributed by atoms with Crippen molar-refractivity contribution in [2.75, 3.05) is 13.7 Å². The minimum atomic E-state index is -1.03. The molecular formula is C12H13N3O3. The second-order valence-corrected chi connectivity index (χ2v) is 3.72. The van der Waals surface area contributed by atoms with Crippen LogP contribution in [-0.4, -0.2) is 39.6 Å². The van der Waals surface area contributed by atoms with Gasteiger partial charge in [-0.05, 0) is 6.07 Å². The van der Waals surface area contributed by atoms with Crippen molar-refractivity contribution in [3.8, 4) is 11.1 Å². The highest BCUT2D eigenvalue weighted by Crippen LogP contribution is 2.17. The SMILES string of the molecule is COCCn1cc(-c2ccc(C(=O)O)nc2)cn1. The van der Waals surface area contributed by atoms with Crippen LogP contribution in [0.1, 0.15) is 10.5 Å². The van der Waals surface area contributed by atoms with Crippen LogP contribution in [0, 0.1) is 0 Å². The molecule has 6 nitrogen and oxygen atoms in total. The quantitative estimate of drug-likeness (QED) is 0.861. The van der Waals surface area contributed by atoms with Crippen LogP contribution in [0.5, 0.6) is 0 Å². The lowest BCUT2D eigenvalue weighted by molar-refractivity contribution is 0.0690. The molecule has 94 valence electrons. The highest BCUT2D eigenvalue weighted by molar-refractivity contribution is 5.85. The largest absolute Gasteiger partial charge is 0.477 e. The van der Waals surface area contributed by atoms with E-state index in [9.17, 15) is 4.79 Å². The number of carboxylic acid groups (broad SMARTS) is 1. The van der Waals surface area contributed by atoms with Crippen molar-refractivity contribution in [2.24, 2.45) is 0 Å². The number of pyridine rings is 1. The van der Waals surface area contributed by atoms with Gasteiger partial charge in [0.25, 0.3) is 0 Å². The molecule has 0 aliphatic heterocycles. The monoisotopic (exact) mass is 247 g/mol. The highest BCUT2D eigenvalue weighted by atomic mass is 16.5. The summed E-state index contributed by atoms with van der Waals surface area (Å²) in [7, 11) is 1.64. The summed E-state index contributed by atoms with van der Waals surface area (Å²) in [6.07, 6.45) is 5.12. The molecule has 0 unspecified atom stereocenters. The lowest BCUT2D eigenvalue weighted by Crippen LogP contribution is -2.03. The molecule has 2 heterocycles. The maximum Gasteiger partial charge on any atom is 0.354 e. The topological polar surface area (TPSA) is 77.2 Å². The number of aromatic nitrogens is 3. The van der Waals surface area contributed by atoms with Crippen LogP contribution in [-0.2, 0) is 11.3 Å². The van der Waals surface area contributed by atoms with Crippen LogP contribution in [0.4, 0.5) is 0 Å². The molecule has 1 N–H and O–H groups in total. The number of nitrogens with zero attached hydrogens (tertiary/aromatic N) is 3. The Morgan fingerprint density at radius 1 is 1.39 bits per heavy atom. The van der Waals surface area contributed by atoms with Gasteiger partial charge in [0, 0.05) is 30.6 Å². The van der Waals surface area contributed by atoms with Crippen molar-refractivity contribution in [3.05, 3.63) is 36.4 Å². The zero-order valence-electron chi connectivity index (χ0n) is 9.91. The van der Waals surface area contributed by atoms with E-state index in [0.29, 0.717) is 13.2 Å². The van der Waals surface area contributed by atoms with E-state index in [1.807, 2.05) is 6.20 Å². The van der Waals surface area contributed by atoms with Crippen LogP contribution in [0.25, 0.3) is 11.1 Å². The number of hydrogen-bond donors (Lipinski definition) is 1.